The van der Waals surface area contributed by atoms with E-state index in [1.165, 1.54) is 5.69 Å². The predicted octanol–water partition coefficient (Wildman–Crippen LogP) is 4.82. The summed E-state index contributed by atoms with van der Waals surface area (Å²) < 4.78 is 1.57. The zero-order valence-corrected chi connectivity index (χ0v) is 23.1. The number of fused-ring (bicyclic) bond motifs is 1. The van der Waals surface area contributed by atoms with E-state index in [0.29, 0.717) is 34.3 Å². The van der Waals surface area contributed by atoms with Crippen LogP contribution in [-0.4, -0.2) is 45.7 Å². The molecular weight excluding hydrogens is 510 g/mol. The zero-order valence-electron chi connectivity index (χ0n) is 23.1. The average Bonchev–Trinajstić information content (AvgIpc) is 3.02. The number of hydrogen-bond donors (Lipinski definition) is 2. The van der Waals surface area contributed by atoms with Gasteiger partial charge in [-0.05, 0) is 86.9 Å². The lowest BCUT2D eigenvalue weighted by molar-refractivity contribution is 0.443. The summed E-state index contributed by atoms with van der Waals surface area (Å²) >= 11 is 0. The molecule has 0 saturated carbocycles. The molecule has 1 fully saturated rings. The molecule has 0 aliphatic carbocycles. The van der Waals surface area contributed by atoms with Gasteiger partial charge in [-0.15, -0.1) is 0 Å². The van der Waals surface area contributed by atoms with Crippen LogP contribution < -0.4 is 21.1 Å². The molecule has 0 spiro atoms. The molecule has 41 heavy (non-hydrogen) atoms. The Labute approximate surface area is 239 Å². The van der Waals surface area contributed by atoms with Crippen molar-refractivity contribution in [2.75, 3.05) is 30.4 Å². The minimum Gasteiger partial charge on any atom is -0.372 e. The summed E-state index contributed by atoms with van der Waals surface area (Å²) in [7, 11) is 2.16. The number of anilines is 3. The molecule has 1 aliphatic rings. The van der Waals surface area contributed by atoms with Crippen molar-refractivity contribution in [1.29, 1.82) is 0 Å². The fourth-order valence-electron chi connectivity index (χ4n) is 5.14. The molecule has 5 aromatic rings. The Bertz CT molecular complexity index is 1800. The average molecular weight is 542 g/mol. The summed E-state index contributed by atoms with van der Waals surface area (Å²) in [5.74, 6) is 6.64. The van der Waals surface area contributed by atoms with Crippen molar-refractivity contribution in [1.82, 2.24) is 24.8 Å². The van der Waals surface area contributed by atoms with Gasteiger partial charge in [-0.1, -0.05) is 30.0 Å². The van der Waals surface area contributed by atoms with Gasteiger partial charge in [-0.25, -0.2) is 4.98 Å². The van der Waals surface area contributed by atoms with E-state index < -0.39 is 0 Å². The van der Waals surface area contributed by atoms with Crippen LogP contribution in [0.5, 0.6) is 0 Å². The highest BCUT2D eigenvalue weighted by Gasteiger charge is 2.18. The quantitative estimate of drug-likeness (QED) is 0.309. The summed E-state index contributed by atoms with van der Waals surface area (Å²) in [6.07, 6.45) is 7.31. The first-order valence-electron chi connectivity index (χ1n) is 13.8. The van der Waals surface area contributed by atoms with Crippen molar-refractivity contribution in [3.8, 4) is 17.5 Å². The number of aryl methyl sites for hydroxylation is 1. The third kappa shape index (κ3) is 5.67. The standard InChI is InChI=1S/C33H31N7O/c1-23-5-3-4-6-24(23)7-8-25-21-26-22-36-33(38-31(26)40(32(25)41)30-15-19-35-20-16-30)37-27-9-11-28(12-10-27)39(2)29-13-17-34-18-14-29/h3-6,9-12,15-16,19-22,29,34H,13-14,17-18H2,1-2H3,(H,36,37,38). The molecule has 0 bridgehead atoms. The van der Waals surface area contributed by atoms with Crippen molar-refractivity contribution in [3.63, 3.8) is 0 Å². The first-order valence-corrected chi connectivity index (χ1v) is 13.8. The lowest BCUT2D eigenvalue weighted by Crippen LogP contribution is -2.41. The summed E-state index contributed by atoms with van der Waals surface area (Å²) in [6.45, 7) is 4.11. The number of benzene rings is 2. The predicted molar refractivity (Wildman–Crippen MR) is 164 cm³/mol. The van der Waals surface area contributed by atoms with Crippen LogP contribution in [0.25, 0.3) is 16.7 Å². The Kier molecular flexibility index (Phi) is 7.44. The molecular formula is C33H31N7O. The third-order valence-electron chi connectivity index (χ3n) is 7.53. The van der Waals surface area contributed by atoms with Crippen LogP contribution in [0, 0.1) is 18.8 Å². The topological polar surface area (TPSA) is 88.0 Å². The number of pyridine rings is 2. The minimum absolute atomic E-state index is 0.250. The van der Waals surface area contributed by atoms with E-state index in [2.05, 4.69) is 56.5 Å². The van der Waals surface area contributed by atoms with Crippen LogP contribution >= 0.6 is 0 Å². The third-order valence-corrected chi connectivity index (χ3v) is 7.53. The van der Waals surface area contributed by atoms with Crippen molar-refractivity contribution in [2.45, 2.75) is 25.8 Å². The number of nitrogens with one attached hydrogen (secondary N) is 2. The number of aromatic nitrogens is 4. The first kappa shape index (κ1) is 26.2. The zero-order chi connectivity index (χ0) is 28.2. The lowest BCUT2D eigenvalue weighted by Gasteiger charge is -2.33. The summed E-state index contributed by atoms with van der Waals surface area (Å²) in [6, 6.07) is 22.0. The van der Waals surface area contributed by atoms with Crippen LogP contribution in [0.15, 0.2) is 90.1 Å². The van der Waals surface area contributed by atoms with Gasteiger partial charge in [0, 0.05) is 54.0 Å². The number of rotatable bonds is 5. The molecule has 2 N–H and O–H groups in total. The highest BCUT2D eigenvalue weighted by molar-refractivity contribution is 5.79. The number of nitrogens with zero attached hydrogens (tertiary/aromatic N) is 5. The van der Waals surface area contributed by atoms with E-state index in [4.69, 9.17) is 4.98 Å². The number of hydrogen-bond acceptors (Lipinski definition) is 7. The lowest BCUT2D eigenvalue weighted by atomic mass is 10.0. The first-order chi connectivity index (χ1) is 20.1. The van der Waals surface area contributed by atoms with E-state index in [9.17, 15) is 4.79 Å². The molecule has 3 aromatic heterocycles. The van der Waals surface area contributed by atoms with Crippen LogP contribution in [-0.2, 0) is 0 Å². The largest absolute Gasteiger partial charge is 0.372 e. The Morgan fingerprint density at radius 2 is 1.71 bits per heavy atom. The molecule has 4 heterocycles. The van der Waals surface area contributed by atoms with Gasteiger partial charge in [-0.2, -0.15) is 4.98 Å². The van der Waals surface area contributed by atoms with Crippen molar-refractivity contribution >= 4 is 28.4 Å². The SMILES string of the molecule is Cc1ccccc1C#Cc1cc2cnc(Nc3ccc(N(C)C4CCNCC4)cc3)nc2n(-c2ccncc2)c1=O. The van der Waals surface area contributed by atoms with Gasteiger partial charge >= 0.3 is 0 Å². The molecule has 0 amide bonds. The maximum absolute atomic E-state index is 13.7. The maximum atomic E-state index is 13.7. The Morgan fingerprint density at radius 3 is 2.46 bits per heavy atom. The second-order valence-corrected chi connectivity index (χ2v) is 10.2. The summed E-state index contributed by atoms with van der Waals surface area (Å²) in [5.41, 5.74) is 5.24. The van der Waals surface area contributed by atoms with Crippen LogP contribution in [0.2, 0.25) is 0 Å². The molecule has 6 rings (SSSR count). The van der Waals surface area contributed by atoms with Gasteiger partial charge in [0.15, 0.2) is 5.65 Å². The van der Waals surface area contributed by atoms with Crippen LogP contribution in [0.3, 0.4) is 0 Å². The van der Waals surface area contributed by atoms with Crippen molar-refractivity contribution in [2.24, 2.45) is 0 Å². The highest BCUT2D eigenvalue weighted by atomic mass is 16.1. The van der Waals surface area contributed by atoms with Gasteiger partial charge < -0.3 is 15.5 Å². The molecule has 0 radical (unpaired) electrons. The van der Waals surface area contributed by atoms with Crippen LogP contribution in [0.4, 0.5) is 17.3 Å². The highest BCUT2D eigenvalue weighted by Crippen LogP contribution is 2.24. The molecule has 8 heteroatoms. The smallest absolute Gasteiger partial charge is 0.272 e. The van der Waals surface area contributed by atoms with E-state index in [-0.39, 0.29) is 5.56 Å². The summed E-state index contributed by atoms with van der Waals surface area (Å²) in [5, 5.41) is 7.43. The van der Waals surface area contributed by atoms with Gasteiger partial charge in [-0.3, -0.25) is 14.3 Å². The van der Waals surface area contributed by atoms with Crippen molar-refractivity contribution < 1.29 is 0 Å². The Hall–Kier alpha value is -5.00. The molecule has 1 saturated heterocycles. The molecule has 1 aliphatic heterocycles. The van der Waals surface area contributed by atoms with E-state index in [0.717, 1.165) is 42.7 Å². The van der Waals surface area contributed by atoms with E-state index in [1.54, 1.807) is 41.4 Å². The van der Waals surface area contributed by atoms with E-state index >= 15 is 0 Å². The van der Waals surface area contributed by atoms with Gasteiger partial charge in [0.25, 0.3) is 5.56 Å². The molecule has 0 unspecified atom stereocenters. The Morgan fingerprint density at radius 1 is 0.976 bits per heavy atom. The van der Waals surface area contributed by atoms with Crippen LogP contribution in [0.1, 0.15) is 29.5 Å². The fraction of sp³-hybridized carbons (Fsp3) is 0.212. The Balaban J connectivity index is 1.34. The summed E-state index contributed by atoms with van der Waals surface area (Å²) in [4.78, 5) is 29.5. The fourth-order valence-corrected chi connectivity index (χ4v) is 5.14. The maximum Gasteiger partial charge on any atom is 0.272 e. The normalized spacial score (nSPS) is 13.4. The molecule has 0 atom stereocenters. The molecule has 2 aromatic carbocycles. The van der Waals surface area contributed by atoms with Gasteiger partial charge in [0.1, 0.15) is 0 Å². The monoisotopic (exact) mass is 541 g/mol. The minimum atomic E-state index is -0.250. The second-order valence-electron chi connectivity index (χ2n) is 10.2. The van der Waals surface area contributed by atoms with Crippen molar-refractivity contribution in [3.05, 3.63) is 112 Å². The molecule has 8 nitrogen and oxygen atoms in total. The number of piperidine rings is 1. The van der Waals surface area contributed by atoms with Gasteiger partial charge in [0.05, 0.1) is 11.3 Å². The second kappa shape index (κ2) is 11.6. The van der Waals surface area contributed by atoms with E-state index in [1.807, 2.05) is 43.3 Å². The van der Waals surface area contributed by atoms with Gasteiger partial charge in [0.2, 0.25) is 5.95 Å². The molecule has 204 valence electrons.